The summed E-state index contributed by atoms with van der Waals surface area (Å²) in [6, 6.07) is 9.99. The molecule has 28 heavy (non-hydrogen) atoms. The highest BCUT2D eigenvalue weighted by Gasteiger charge is 2.49. The Morgan fingerprint density at radius 3 is 2.89 bits per heavy atom. The van der Waals surface area contributed by atoms with E-state index in [0.29, 0.717) is 37.3 Å². The predicted octanol–water partition coefficient (Wildman–Crippen LogP) is 2.02. The van der Waals surface area contributed by atoms with Crippen LogP contribution < -0.4 is 4.90 Å². The Hall–Kier alpha value is -3.00. The molecule has 0 amide bonds. The van der Waals surface area contributed by atoms with Gasteiger partial charge in [0.1, 0.15) is 17.6 Å². The number of aromatic amines is 1. The summed E-state index contributed by atoms with van der Waals surface area (Å²) in [7, 11) is 0. The second-order valence-corrected chi connectivity index (χ2v) is 7.36. The number of carboxylic acid groups (broad SMARTS) is 1. The average Bonchev–Trinajstić information content (AvgIpc) is 3.19. The second-order valence-electron chi connectivity index (χ2n) is 7.36. The molecule has 0 radical (unpaired) electrons. The quantitative estimate of drug-likeness (QED) is 0.598. The zero-order valence-corrected chi connectivity index (χ0v) is 15.5. The van der Waals surface area contributed by atoms with E-state index >= 15 is 0 Å². The predicted molar refractivity (Wildman–Crippen MR) is 104 cm³/mol. The molecule has 0 aliphatic carbocycles. The average molecular weight is 381 g/mol. The molecule has 1 fully saturated rings. The standard InChI is InChI=1S/C20H23N5O3/c26-16-8-10-25(18-15-11-23-24-17(15)21-13-22-18)12-20(16,19(27)28)9-4-7-14-5-2-1-3-6-14/h1-3,5-6,11,13,16,26H,4,7-10,12H2,(H,27,28)(H,21,22,23,24)/t16-,20+/m0/s1. The van der Waals surface area contributed by atoms with Gasteiger partial charge in [0.25, 0.3) is 0 Å². The fourth-order valence-corrected chi connectivity index (χ4v) is 4.08. The summed E-state index contributed by atoms with van der Waals surface area (Å²) in [5.41, 5.74) is 0.552. The zero-order valence-electron chi connectivity index (χ0n) is 15.5. The van der Waals surface area contributed by atoms with Gasteiger partial charge in [0.05, 0.1) is 17.7 Å². The molecule has 1 aliphatic heterocycles. The number of aliphatic hydroxyl groups excluding tert-OH is 1. The smallest absolute Gasteiger partial charge is 0.314 e. The first-order valence-electron chi connectivity index (χ1n) is 9.44. The van der Waals surface area contributed by atoms with Crippen molar-refractivity contribution in [3.63, 3.8) is 0 Å². The third-order valence-corrected chi connectivity index (χ3v) is 5.67. The lowest BCUT2D eigenvalue weighted by Crippen LogP contribution is -2.56. The topological polar surface area (TPSA) is 115 Å². The summed E-state index contributed by atoms with van der Waals surface area (Å²) in [5.74, 6) is -0.311. The molecule has 0 saturated carbocycles. The van der Waals surface area contributed by atoms with Crippen LogP contribution in [0.2, 0.25) is 0 Å². The van der Waals surface area contributed by atoms with E-state index < -0.39 is 17.5 Å². The van der Waals surface area contributed by atoms with Crippen molar-refractivity contribution in [2.24, 2.45) is 5.41 Å². The van der Waals surface area contributed by atoms with Crippen molar-refractivity contribution in [2.45, 2.75) is 31.8 Å². The molecule has 2 aromatic heterocycles. The van der Waals surface area contributed by atoms with Crippen molar-refractivity contribution < 1.29 is 15.0 Å². The Balaban J connectivity index is 1.56. The molecule has 3 heterocycles. The second kappa shape index (κ2) is 7.55. The van der Waals surface area contributed by atoms with Crippen molar-refractivity contribution in [3.8, 4) is 0 Å². The number of benzene rings is 1. The molecule has 0 unspecified atom stereocenters. The molecule has 8 heteroatoms. The number of aliphatic hydroxyl groups is 1. The van der Waals surface area contributed by atoms with Gasteiger partial charge in [0.2, 0.25) is 0 Å². The first-order valence-corrected chi connectivity index (χ1v) is 9.44. The fourth-order valence-electron chi connectivity index (χ4n) is 4.08. The van der Waals surface area contributed by atoms with Gasteiger partial charge in [-0.25, -0.2) is 9.97 Å². The first-order chi connectivity index (χ1) is 13.6. The third-order valence-electron chi connectivity index (χ3n) is 5.67. The first kappa shape index (κ1) is 18.4. The minimum absolute atomic E-state index is 0.204. The minimum Gasteiger partial charge on any atom is -0.481 e. The SMILES string of the molecule is O=C(O)[C@]1(CCCc2ccccc2)CN(c2ncnc3[nH]ncc23)CC[C@@H]1O. The molecular formula is C20H23N5O3. The summed E-state index contributed by atoms with van der Waals surface area (Å²) in [6.45, 7) is 0.738. The fraction of sp³-hybridized carbons (Fsp3) is 0.400. The lowest BCUT2D eigenvalue weighted by Gasteiger charge is -2.44. The number of piperidine rings is 1. The maximum atomic E-state index is 12.3. The maximum Gasteiger partial charge on any atom is 0.314 e. The number of carbonyl (C=O) groups is 1. The van der Waals surface area contributed by atoms with E-state index in [1.54, 1.807) is 6.20 Å². The number of fused-ring (bicyclic) bond motifs is 1. The van der Waals surface area contributed by atoms with Crippen LogP contribution in [0.15, 0.2) is 42.9 Å². The van der Waals surface area contributed by atoms with E-state index in [-0.39, 0.29) is 6.54 Å². The van der Waals surface area contributed by atoms with E-state index in [0.717, 1.165) is 11.8 Å². The lowest BCUT2D eigenvalue weighted by molar-refractivity contribution is -0.158. The van der Waals surface area contributed by atoms with Gasteiger partial charge in [-0.3, -0.25) is 9.89 Å². The monoisotopic (exact) mass is 381 g/mol. The van der Waals surface area contributed by atoms with Crippen LogP contribution in [-0.2, 0) is 11.2 Å². The van der Waals surface area contributed by atoms with Crippen molar-refractivity contribution in [1.29, 1.82) is 0 Å². The van der Waals surface area contributed by atoms with Crippen LogP contribution in [0.5, 0.6) is 0 Å². The van der Waals surface area contributed by atoms with Gasteiger partial charge in [-0.15, -0.1) is 0 Å². The summed E-state index contributed by atoms with van der Waals surface area (Å²) >= 11 is 0. The normalized spacial score (nSPS) is 22.5. The summed E-state index contributed by atoms with van der Waals surface area (Å²) in [5, 5.41) is 28.3. The Kier molecular flexibility index (Phi) is 4.95. The van der Waals surface area contributed by atoms with E-state index in [1.807, 2.05) is 35.2 Å². The van der Waals surface area contributed by atoms with Gasteiger partial charge >= 0.3 is 5.97 Å². The number of aromatic nitrogens is 4. The van der Waals surface area contributed by atoms with Crippen molar-refractivity contribution >= 4 is 22.8 Å². The van der Waals surface area contributed by atoms with E-state index in [4.69, 9.17) is 0 Å². The molecule has 1 saturated heterocycles. The molecule has 3 N–H and O–H groups in total. The van der Waals surface area contributed by atoms with Crippen molar-refractivity contribution in [2.75, 3.05) is 18.0 Å². The Morgan fingerprint density at radius 1 is 1.29 bits per heavy atom. The largest absolute Gasteiger partial charge is 0.481 e. The molecule has 2 atom stereocenters. The molecule has 4 rings (SSSR count). The number of rotatable bonds is 6. The zero-order chi connectivity index (χ0) is 19.6. The molecular weight excluding hydrogens is 358 g/mol. The lowest BCUT2D eigenvalue weighted by atomic mass is 9.73. The summed E-state index contributed by atoms with van der Waals surface area (Å²) < 4.78 is 0. The molecule has 1 aliphatic rings. The number of hydrogen-bond acceptors (Lipinski definition) is 6. The number of aliphatic carboxylic acids is 1. The van der Waals surface area contributed by atoms with Crippen LogP contribution >= 0.6 is 0 Å². The van der Waals surface area contributed by atoms with Gasteiger partial charge < -0.3 is 15.1 Å². The maximum absolute atomic E-state index is 12.3. The molecule has 146 valence electrons. The van der Waals surface area contributed by atoms with Crippen LogP contribution in [0.1, 0.15) is 24.8 Å². The van der Waals surface area contributed by atoms with Crippen LogP contribution in [0.25, 0.3) is 11.0 Å². The van der Waals surface area contributed by atoms with Gasteiger partial charge in [-0.1, -0.05) is 30.3 Å². The summed E-state index contributed by atoms with van der Waals surface area (Å²) in [6.07, 6.45) is 4.44. The number of hydrogen-bond donors (Lipinski definition) is 3. The highest BCUT2D eigenvalue weighted by molar-refractivity contribution is 5.87. The van der Waals surface area contributed by atoms with Gasteiger partial charge in [-0.2, -0.15) is 5.10 Å². The van der Waals surface area contributed by atoms with Gasteiger partial charge in [-0.05, 0) is 31.2 Å². The highest BCUT2D eigenvalue weighted by Crippen LogP contribution is 2.38. The van der Waals surface area contributed by atoms with E-state index in [1.165, 1.54) is 11.9 Å². The van der Waals surface area contributed by atoms with Crippen LogP contribution in [0.4, 0.5) is 5.82 Å². The minimum atomic E-state index is -1.23. The van der Waals surface area contributed by atoms with E-state index in [9.17, 15) is 15.0 Å². The number of nitrogens with zero attached hydrogens (tertiary/aromatic N) is 4. The number of H-pyrrole nitrogens is 1. The number of anilines is 1. The van der Waals surface area contributed by atoms with Crippen molar-refractivity contribution in [1.82, 2.24) is 20.2 Å². The number of aryl methyl sites for hydroxylation is 1. The molecule has 8 nitrogen and oxygen atoms in total. The molecule has 1 aromatic carbocycles. The van der Waals surface area contributed by atoms with Crippen LogP contribution in [0.3, 0.4) is 0 Å². The summed E-state index contributed by atoms with van der Waals surface area (Å²) in [4.78, 5) is 22.7. The van der Waals surface area contributed by atoms with Crippen molar-refractivity contribution in [3.05, 3.63) is 48.4 Å². The van der Waals surface area contributed by atoms with Crippen LogP contribution in [-0.4, -0.2) is 55.5 Å². The Bertz CT molecular complexity index is 961. The van der Waals surface area contributed by atoms with E-state index in [2.05, 4.69) is 20.2 Å². The van der Waals surface area contributed by atoms with Crippen LogP contribution in [0, 0.1) is 5.41 Å². The highest BCUT2D eigenvalue weighted by atomic mass is 16.4. The Morgan fingerprint density at radius 2 is 2.11 bits per heavy atom. The third kappa shape index (κ3) is 3.31. The number of carboxylic acids is 1. The molecule has 0 spiro atoms. The Labute approximate surface area is 162 Å². The molecule has 3 aromatic rings. The number of nitrogens with one attached hydrogen (secondary N) is 1. The molecule has 0 bridgehead atoms. The van der Waals surface area contributed by atoms with Gasteiger partial charge in [0, 0.05) is 13.1 Å². The van der Waals surface area contributed by atoms with Gasteiger partial charge in [0.15, 0.2) is 5.65 Å².